The molecule has 0 bridgehead atoms. The molecule has 1 aliphatic rings. The minimum atomic E-state index is -4.35. The van der Waals surface area contributed by atoms with Crippen LogP contribution in [-0.4, -0.2) is 55.7 Å². The lowest BCUT2D eigenvalue weighted by Gasteiger charge is -2.34. The second-order valence-corrected chi connectivity index (χ2v) is 4.84. The number of carbonyl (C=O) groups excluding carboxylic acids is 1. The van der Waals surface area contributed by atoms with E-state index in [1.165, 1.54) is 0 Å². The molecule has 4 nitrogen and oxygen atoms in total. The molecule has 2 N–H and O–H groups in total. The van der Waals surface area contributed by atoms with Crippen LogP contribution >= 0.6 is 12.4 Å². The Morgan fingerprint density at radius 3 is 2.45 bits per heavy atom. The van der Waals surface area contributed by atoms with E-state index < -0.39 is 18.6 Å². The molecule has 0 atom stereocenters. The van der Waals surface area contributed by atoms with Crippen molar-refractivity contribution in [3.8, 4) is 0 Å². The highest BCUT2D eigenvalue weighted by Gasteiger charge is 2.28. The van der Waals surface area contributed by atoms with Crippen molar-refractivity contribution in [2.24, 2.45) is 0 Å². The summed E-state index contributed by atoms with van der Waals surface area (Å²) in [6.07, 6.45) is -1.59. The Labute approximate surface area is 123 Å². The lowest BCUT2D eigenvalue weighted by molar-refractivity contribution is -0.139. The summed E-state index contributed by atoms with van der Waals surface area (Å²) in [5.41, 5.74) is 0. The van der Waals surface area contributed by atoms with Crippen LogP contribution in [0.25, 0.3) is 0 Å². The van der Waals surface area contributed by atoms with Crippen molar-refractivity contribution in [2.75, 3.05) is 32.7 Å². The molecule has 1 heterocycles. The van der Waals surface area contributed by atoms with Gasteiger partial charge in [-0.2, -0.15) is 13.2 Å². The highest BCUT2D eigenvalue weighted by atomic mass is 35.5. The minimum Gasteiger partial charge on any atom is -0.346 e. The summed E-state index contributed by atoms with van der Waals surface area (Å²) in [4.78, 5) is 13.5. The van der Waals surface area contributed by atoms with Crippen LogP contribution in [0.5, 0.6) is 0 Å². The van der Waals surface area contributed by atoms with Crippen molar-refractivity contribution in [2.45, 2.75) is 38.4 Å². The molecule has 0 aromatic carbocycles. The van der Waals surface area contributed by atoms with Crippen LogP contribution in [0.2, 0.25) is 0 Å². The molecule has 0 spiro atoms. The van der Waals surface area contributed by atoms with Gasteiger partial charge in [-0.15, -0.1) is 12.4 Å². The van der Waals surface area contributed by atoms with Crippen LogP contribution in [0.3, 0.4) is 0 Å². The molecular weight excluding hydrogens is 295 g/mol. The zero-order chi connectivity index (χ0) is 14.3. The summed E-state index contributed by atoms with van der Waals surface area (Å²) in [5.74, 6) is -0.552. The van der Waals surface area contributed by atoms with Crippen LogP contribution in [0, 0.1) is 0 Å². The molecule has 1 saturated heterocycles. The first-order valence-electron chi connectivity index (χ1n) is 6.70. The third-order valence-electron chi connectivity index (χ3n) is 3.17. The van der Waals surface area contributed by atoms with Crippen molar-refractivity contribution in [3.63, 3.8) is 0 Å². The Morgan fingerprint density at radius 1 is 1.35 bits per heavy atom. The minimum absolute atomic E-state index is 0. The maximum Gasteiger partial charge on any atom is 0.405 e. The second-order valence-electron chi connectivity index (χ2n) is 4.84. The summed E-state index contributed by atoms with van der Waals surface area (Å²) in [6.45, 7) is 3.34. The largest absolute Gasteiger partial charge is 0.405 e. The van der Waals surface area contributed by atoms with Crippen molar-refractivity contribution in [3.05, 3.63) is 0 Å². The van der Waals surface area contributed by atoms with E-state index in [2.05, 4.69) is 5.32 Å². The van der Waals surface area contributed by atoms with Crippen molar-refractivity contribution in [1.29, 1.82) is 0 Å². The van der Waals surface area contributed by atoms with E-state index in [1.807, 2.05) is 17.1 Å². The molecule has 1 fully saturated rings. The first-order chi connectivity index (χ1) is 8.92. The van der Waals surface area contributed by atoms with Gasteiger partial charge >= 0.3 is 6.18 Å². The normalized spacial score (nSPS) is 16.9. The van der Waals surface area contributed by atoms with Crippen molar-refractivity contribution >= 4 is 18.3 Å². The van der Waals surface area contributed by atoms with Gasteiger partial charge in [0, 0.05) is 6.04 Å². The SMILES string of the molecule is CCCN(CC(=O)NCC(F)(F)F)C1CCNCC1.Cl. The molecule has 0 radical (unpaired) electrons. The molecule has 0 aliphatic carbocycles. The fourth-order valence-corrected chi connectivity index (χ4v) is 2.29. The molecule has 8 heteroatoms. The Kier molecular flexibility index (Phi) is 9.16. The third-order valence-corrected chi connectivity index (χ3v) is 3.17. The predicted molar refractivity (Wildman–Crippen MR) is 74.1 cm³/mol. The number of nitrogens with one attached hydrogen (secondary N) is 2. The predicted octanol–water partition coefficient (Wildman–Crippen LogP) is 1.55. The Balaban J connectivity index is 0.00000361. The lowest BCUT2D eigenvalue weighted by Crippen LogP contribution is -2.48. The maximum atomic E-state index is 12.0. The smallest absolute Gasteiger partial charge is 0.346 e. The molecule has 0 unspecified atom stereocenters. The van der Waals surface area contributed by atoms with Crippen LogP contribution in [0.1, 0.15) is 26.2 Å². The number of amides is 1. The second kappa shape index (κ2) is 9.41. The molecule has 1 amide bonds. The molecule has 1 rings (SSSR count). The van der Waals surface area contributed by atoms with E-state index in [9.17, 15) is 18.0 Å². The molecule has 20 heavy (non-hydrogen) atoms. The zero-order valence-corrected chi connectivity index (χ0v) is 12.4. The van der Waals surface area contributed by atoms with Gasteiger partial charge in [-0.1, -0.05) is 6.92 Å². The number of hydrogen-bond donors (Lipinski definition) is 2. The van der Waals surface area contributed by atoms with Gasteiger partial charge in [0.2, 0.25) is 5.91 Å². The average Bonchev–Trinajstić information content (AvgIpc) is 2.36. The summed E-state index contributed by atoms with van der Waals surface area (Å²) >= 11 is 0. The number of hydrogen-bond acceptors (Lipinski definition) is 3. The zero-order valence-electron chi connectivity index (χ0n) is 11.6. The topological polar surface area (TPSA) is 44.4 Å². The Hall–Kier alpha value is -0.530. The molecule has 0 aromatic heterocycles. The monoisotopic (exact) mass is 317 g/mol. The standard InChI is InChI=1S/C12H22F3N3O.ClH/c1-2-7-18(10-3-5-16-6-4-10)8-11(19)17-9-12(13,14)15;/h10,16H,2-9H2,1H3,(H,17,19);1H. The van der Waals surface area contributed by atoms with Crippen LogP contribution in [-0.2, 0) is 4.79 Å². The van der Waals surface area contributed by atoms with Gasteiger partial charge in [0.25, 0.3) is 0 Å². The van der Waals surface area contributed by atoms with Gasteiger partial charge in [-0.25, -0.2) is 0 Å². The molecule has 1 aliphatic heterocycles. The first kappa shape index (κ1) is 19.5. The number of halogens is 4. The number of nitrogens with zero attached hydrogens (tertiary/aromatic N) is 1. The van der Waals surface area contributed by atoms with Crippen LogP contribution < -0.4 is 10.6 Å². The van der Waals surface area contributed by atoms with E-state index in [4.69, 9.17) is 0 Å². The lowest BCUT2D eigenvalue weighted by atomic mass is 10.0. The van der Waals surface area contributed by atoms with Crippen molar-refractivity contribution in [1.82, 2.24) is 15.5 Å². The molecule has 0 saturated carbocycles. The molecule has 120 valence electrons. The quantitative estimate of drug-likeness (QED) is 0.781. The summed E-state index contributed by atoms with van der Waals surface area (Å²) in [6, 6.07) is 0.290. The van der Waals surface area contributed by atoms with Crippen molar-refractivity contribution < 1.29 is 18.0 Å². The van der Waals surface area contributed by atoms with Gasteiger partial charge in [0.15, 0.2) is 0 Å². The first-order valence-corrected chi connectivity index (χ1v) is 6.70. The van der Waals surface area contributed by atoms with Gasteiger partial charge < -0.3 is 10.6 Å². The number of rotatable bonds is 6. The van der Waals surface area contributed by atoms with E-state index in [1.54, 1.807) is 0 Å². The molecule has 0 aromatic rings. The summed E-state index contributed by atoms with van der Waals surface area (Å²) < 4.78 is 36.1. The Morgan fingerprint density at radius 2 is 1.95 bits per heavy atom. The third kappa shape index (κ3) is 7.91. The Bertz CT molecular complexity index is 284. The van der Waals surface area contributed by atoms with Crippen LogP contribution in [0.15, 0.2) is 0 Å². The average molecular weight is 318 g/mol. The fourth-order valence-electron chi connectivity index (χ4n) is 2.29. The highest BCUT2D eigenvalue weighted by Crippen LogP contribution is 2.13. The van der Waals surface area contributed by atoms with Crippen LogP contribution in [0.4, 0.5) is 13.2 Å². The van der Waals surface area contributed by atoms with E-state index in [0.29, 0.717) is 0 Å². The number of piperidine rings is 1. The summed E-state index contributed by atoms with van der Waals surface area (Å²) in [7, 11) is 0. The summed E-state index contributed by atoms with van der Waals surface area (Å²) in [5, 5.41) is 5.16. The van der Waals surface area contributed by atoms with Gasteiger partial charge in [0.1, 0.15) is 6.54 Å². The van der Waals surface area contributed by atoms with Gasteiger partial charge in [-0.05, 0) is 38.9 Å². The number of alkyl halides is 3. The van der Waals surface area contributed by atoms with Gasteiger partial charge in [0.05, 0.1) is 6.54 Å². The van der Waals surface area contributed by atoms with Gasteiger partial charge in [-0.3, -0.25) is 9.69 Å². The highest BCUT2D eigenvalue weighted by molar-refractivity contribution is 5.85. The van der Waals surface area contributed by atoms with E-state index in [0.717, 1.165) is 38.9 Å². The maximum absolute atomic E-state index is 12.0. The van der Waals surface area contributed by atoms with E-state index >= 15 is 0 Å². The van der Waals surface area contributed by atoms with E-state index in [-0.39, 0.29) is 25.0 Å². The fraction of sp³-hybridized carbons (Fsp3) is 0.917. The number of carbonyl (C=O) groups is 1. The molecular formula is C12H23ClF3N3O.